The summed E-state index contributed by atoms with van der Waals surface area (Å²) in [6, 6.07) is 0. The van der Waals surface area contributed by atoms with Crippen LogP contribution in [0.4, 0.5) is 0 Å². The van der Waals surface area contributed by atoms with Crippen LogP contribution in [0.25, 0.3) is 0 Å². The molecule has 0 saturated heterocycles. The molecule has 0 unspecified atom stereocenters. The zero-order valence-corrected chi connectivity index (χ0v) is 29.7. The molecule has 0 aliphatic rings. The zero-order chi connectivity index (χ0) is 33.3. The molecule has 2 N–H and O–H groups in total. The molecule has 0 rings (SSSR count). The predicted octanol–water partition coefficient (Wildman–Crippen LogP) is 10.5. The standard InChI is InChI=1S/C36H67O8P/c1-3-5-7-9-11-13-14-15-16-17-18-19-20-21-22-23-25-26-28-30-35(37)42-32-34(33-43-45(39,40)41)44-36(38)31-29-27-24-12-10-8-6-4-2/h11,13,15-16,34H,3-10,12,14,17-33H2,1-2H3,(H2,39,40,41)/b13-11+,16-15+/t34-/m1/s1. The zero-order valence-electron chi connectivity index (χ0n) is 28.8. The molecule has 0 saturated carbocycles. The van der Waals surface area contributed by atoms with Gasteiger partial charge in [0.2, 0.25) is 0 Å². The highest BCUT2D eigenvalue weighted by Crippen LogP contribution is 2.36. The summed E-state index contributed by atoms with van der Waals surface area (Å²) in [4.78, 5) is 42.5. The summed E-state index contributed by atoms with van der Waals surface area (Å²) in [5, 5.41) is 0. The van der Waals surface area contributed by atoms with Gasteiger partial charge in [0, 0.05) is 12.8 Å². The Balaban J connectivity index is 3.88. The number of unbranched alkanes of at least 4 members (excludes halogenated alkanes) is 19. The van der Waals surface area contributed by atoms with Gasteiger partial charge in [0.05, 0.1) is 6.61 Å². The van der Waals surface area contributed by atoms with Gasteiger partial charge in [-0.15, -0.1) is 0 Å². The molecule has 45 heavy (non-hydrogen) atoms. The first-order chi connectivity index (χ1) is 21.8. The van der Waals surface area contributed by atoms with Crippen molar-refractivity contribution in [2.45, 2.75) is 180 Å². The van der Waals surface area contributed by atoms with Gasteiger partial charge in [-0.3, -0.25) is 14.1 Å². The van der Waals surface area contributed by atoms with Crippen LogP contribution < -0.4 is 0 Å². The van der Waals surface area contributed by atoms with Crippen LogP contribution in [0.3, 0.4) is 0 Å². The molecule has 0 bridgehead atoms. The van der Waals surface area contributed by atoms with E-state index in [0.29, 0.717) is 6.42 Å². The van der Waals surface area contributed by atoms with Crippen molar-refractivity contribution in [3.63, 3.8) is 0 Å². The van der Waals surface area contributed by atoms with Gasteiger partial charge < -0.3 is 19.3 Å². The smallest absolute Gasteiger partial charge is 0.462 e. The monoisotopic (exact) mass is 658 g/mol. The van der Waals surface area contributed by atoms with Crippen molar-refractivity contribution < 1.29 is 37.9 Å². The van der Waals surface area contributed by atoms with E-state index in [9.17, 15) is 14.2 Å². The van der Waals surface area contributed by atoms with E-state index < -0.39 is 32.5 Å². The van der Waals surface area contributed by atoms with Crippen molar-refractivity contribution in [2.75, 3.05) is 13.2 Å². The molecule has 0 aromatic carbocycles. The number of phosphoric ester groups is 1. The van der Waals surface area contributed by atoms with Crippen molar-refractivity contribution in [2.24, 2.45) is 0 Å². The minimum absolute atomic E-state index is 0.212. The Morgan fingerprint density at radius 2 is 1.00 bits per heavy atom. The summed E-state index contributed by atoms with van der Waals surface area (Å²) in [6.07, 6.45) is 34.9. The van der Waals surface area contributed by atoms with Gasteiger partial charge >= 0.3 is 19.8 Å². The lowest BCUT2D eigenvalue weighted by molar-refractivity contribution is -0.161. The Morgan fingerprint density at radius 1 is 0.578 bits per heavy atom. The first-order valence-corrected chi connectivity index (χ1v) is 19.7. The van der Waals surface area contributed by atoms with Crippen LogP contribution in [-0.2, 0) is 28.2 Å². The third-order valence-corrected chi connectivity index (χ3v) is 8.21. The van der Waals surface area contributed by atoms with Crippen LogP contribution in [0, 0.1) is 0 Å². The number of carbonyl (C=O) groups is 2. The van der Waals surface area contributed by atoms with E-state index in [2.05, 4.69) is 42.7 Å². The number of hydrogen-bond acceptors (Lipinski definition) is 6. The highest BCUT2D eigenvalue weighted by Gasteiger charge is 2.22. The van der Waals surface area contributed by atoms with Crippen molar-refractivity contribution in [1.82, 2.24) is 0 Å². The molecule has 0 aromatic rings. The highest BCUT2D eigenvalue weighted by atomic mass is 31.2. The lowest BCUT2D eigenvalue weighted by Crippen LogP contribution is -2.29. The number of rotatable bonds is 33. The van der Waals surface area contributed by atoms with E-state index in [1.807, 2.05) is 0 Å². The average Bonchev–Trinajstić information content (AvgIpc) is 3.00. The molecular formula is C36H67O8P. The van der Waals surface area contributed by atoms with Crippen molar-refractivity contribution in [3.8, 4) is 0 Å². The Morgan fingerprint density at radius 3 is 1.51 bits per heavy atom. The van der Waals surface area contributed by atoms with Gasteiger partial charge in [-0.25, -0.2) is 4.57 Å². The first-order valence-electron chi connectivity index (χ1n) is 18.1. The third kappa shape index (κ3) is 35.2. The molecule has 0 radical (unpaired) electrons. The van der Waals surface area contributed by atoms with E-state index in [1.54, 1.807) is 0 Å². The molecule has 9 heteroatoms. The number of ether oxygens (including phenoxy) is 2. The fourth-order valence-corrected chi connectivity index (χ4v) is 5.35. The molecule has 1 atom stereocenters. The normalized spacial score (nSPS) is 12.7. The first kappa shape index (κ1) is 43.5. The van der Waals surface area contributed by atoms with Gasteiger partial charge in [0.1, 0.15) is 6.61 Å². The summed E-state index contributed by atoms with van der Waals surface area (Å²) in [5.74, 6) is -0.892. The average molecular weight is 659 g/mol. The number of phosphoric acid groups is 1. The summed E-state index contributed by atoms with van der Waals surface area (Å²) in [6.45, 7) is 3.60. The van der Waals surface area contributed by atoms with Crippen LogP contribution in [0.15, 0.2) is 24.3 Å². The summed E-state index contributed by atoms with van der Waals surface area (Å²) < 4.78 is 26.2. The van der Waals surface area contributed by atoms with Gasteiger partial charge in [0.25, 0.3) is 0 Å². The van der Waals surface area contributed by atoms with Crippen LogP contribution in [0.1, 0.15) is 174 Å². The Kier molecular flexibility index (Phi) is 31.4. The van der Waals surface area contributed by atoms with Crippen LogP contribution in [-0.4, -0.2) is 41.0 Å². The lowest BCUT2D eigenvalue weighted by atomic mass is 10.1. The second-order valence-electron chi connectivity index (χ2n) is 12.2. The minimum atomic E-state index is -4.74. The number of hydrogen-bond donors (Lipinski definition) is 2. The second kappa shape index (κ2) is 32.5. The molecule has 0 aromatic heterocycles. The molecule has 0 aliphatic carbocycles. The maximum absolute atomic E-state index is 12.2. The van der Waals surface area contributed by atoms with E-state index in [-0.39, 0.29) is 19.4 Å². The number of esters is 2. The molecule has 8 nitrogen and oxygen atoms in total. The van der Waals surface area contributed by atoms with E-state index in [0.717, 1.165) is 51.4 Å². The molecule has 0 spiro atoms. The Labute approximate surface area is 275 Å². The van der Waals surface area contributed by atoms with E-state index >= 15 is 0 Å². The predicted molar refractivity (Wildman–Crippen MR) is 184 cm³/mol. The van der Waals surface area contributed by atoms with Crippen LogP contribution in [0.5, 0.6) is 0 Å². The van der Waals surface area contributed by atoms with E-state index in [4.69, 9.17) is 19.3 Å². The third-order valence-electron chi connectivity index (χ3n) is 7.72. The van der Waals surface area contributed by atoms with Gasteiger partial charge in [-0.2, -0.15) is 0 Å². The van der Waals surface area contributed by atoms with Gasteiger partial charge in [0.15, 0.2) is 6.10 Å². The quantitative estimate of drug-likeness (QED) is 0.0309. The fraction of sp³-hybridized carbons (Fsp3) is 0.833. The van der Waals surface area contributed by atoms with Gasteiger partial charge in [-0.05, 0) is 44.9 Å². The topological polar surface area (TPSA) is 119 Å². The second-order valence-corrected chi connectivity index (χ2v) is 13.4. The van der Waals surface area contributed by atoms with Gasteiger partial charge in [-0.1, -0.05) is 141 Å². The number of allylic oxidation sites excluding steroid dienone is 4. The summed E-state index contributed by atoms with van der Waals surface area (Å²) in [7, 11) is -4.74. The fourth-order valence-electron chi connectivity index (χ4n) is 4.99. The molecule has 0 heterocycles. The van der Waals surface area contributed by atoms with Crippen molar-refractivity contribution in [1.29, 1.82) is 0 Å². The number of carbonyl (C=O) groups excluding carboxylic acids is 2. The summed E-state index contributed by atoms with van der Waals surface area (Å²) >= 11 is 0. The van der Waals surface area contributed by atoms with Crippen molar-refractivity contribution in [3.05, 3.63) is 24.3 Å². The van der Waals surface area contributed by atoms with Crippen LogP contribution in [0.2, 0.25) is 0 Å². The lowest BCUT2D eigenvalue weighted by Gasteiger charge is -2.18. The summed E-state index contributed by atoms with van der Waals surface area (Å²) in [5.41, 5.74) is 0. The Bertz CT molecular complexity index is 792. The highest BCUT2D eigenvalue weighted by molar-refractivity contribution is 7.46. The van der Waals surface area contributed by atoms with Crippen LogP contribution >= 0.6 is 7.82 Å². The molecule has 0 amide bonds. The largest absolute Gasteiger partial charge is 0.469 e. The van der Waals surface area contributed by atoms with E-state index in [1.165, 1.54) is 89.9 Å². The minimum Gasteiger partial charge on any atom is -0.462 e. The molecule has 0 aliphatic heterocycles. The molecule has 0 fully saturated rings. The molecule has 264 valence electrons. The Hall–Kier alpha value is -1.47. The maximum atomic E-state index is 12.2. The molecular weight excluding hydrogens is 591 g/mol. The maximum Gasteiger partial charge on any atom is 0.469 e. The van der Waals surface area contributed by atoms with Crippen molar-refractivity contribution >= 4 is 19.8 Å². The SMILES string of the molecule is CCCCC/C=C/C/C=C/CCCCCCCCCCCC(=O)OC[C@H](COP(=O)(O)O)OC(=O)CCCCCCCCCC.